The predicted molar refractivity (Wildman–Crippen MR) is 126 cm³/mol. The number of rotatable bonds is 6. The highest BCUT2D eigenvalue weighted by atomic mass is 16.5. The van der Waals surface area contributed by atoms with Crippen LogP contribution in [-0.4, -0.2) is 47.9 Å². The lowest BCUT2D eigenvalue weighted by atomic mass is 9.87. The molecule has 1 heterocycles. The predicted octanol–water partition coefficient (Wildman–Crippen LogP) is 4.86. The van der Waals surface area contributed by atoms with Crippen LogP contribution in [0.2, 0.25) is 0 Å². The van der Waals surface area contributed by atoms with Gasteiger partial charge in [0.05, 0.1) is 18.3 Å². The van der Waals surface area contributed by atoms with Gasteiger partial charge < -0.3 is 19.5 Å². The lowest BCUT2D eigenvalue weighted by molar-refractivity contribution is -0.0560. The molecule has 6 nitrogen and oxygen atoms in total. The second-order valence-electron chi connectivity index (χ2n) is 8.59. The van der Waals surface area contributed by atoms with Crippen molar-refractivity contribution in [3.63, 3.8) is 0 Å². The second kappa shape index (κ2) is 9.63. The molecular formula is C27H29NO5. The average molecular weight is 448 g/mol. The second-order valence-corrected chi connectivity index (χ2v) is 8.59. The quantitative estimate of drug-likeness (QED) is 0.685. The standard InChI is InChI=1S/C27H29NO5/c1-4-11-32-22-8-9-23(18(3)12-22)26(29)28-15-21-13-19(7-10-25(21)33-16-28)24-14-20(27(30)31)6-5-17(24)2/h5-10,12-14,21,25H,4,11,15-16H2,1-3H3,(H,30,31). The summed E-state index contributed by atoms with van der Waals surface area (Å²) in [6.07, 6.45) is 6.89. The van der Waals surface area contributed by atoms with E-state index in [1.165, 1.54) is 0 Å². The van der Waals surface area contributed by atoms with Crippen LogP contribution in [0.3, 0.4) is 0 Å². The van der Waals surface area contributed by atoms with E-state index in [-0.39, 0.29) is 30.2 Å². The molecule has 2 aliphatic rings. The maximum Gasteiger partial charge on any atom is 0.335 e. The summed E-state index contributed by atoms with van der Waals surface area (Å²) in [6.45, 7) is 7.34. The highest BCUT2D eigenvalue weighted by Crippen LogP contribution is 2.32. The molecule has 2 aromatic rings. The van der Waals surface area contributed by atoms with Crippen molar-refractivity contribution in [2.75, 3.05) is 19.9 Å². The number of ether oxygens (including phenoxy) is 2. The van der Waals surface area contributed by atoms with Gasteiger partial charge in [-0.15, -0.1) is 0 Å². The van der Waals surface area contributed by atoms with Gasteiger partial charge in [0.15, 0.2) is 0 Å². The van der Waals surface area contributed by atoms with E-state index in [2.05, 4.69) is 13.0 Å². The number of benzene rings is 2. The Balaban J connectivity index is 1.53. The Bertz CT molecular complexity index is 1130. The smallest absolute Gasteiger partial charge is 0.335 e. The number of nitrogens with zero attached hydrogens (tertiary/aromatic N) is 1. The van der Waals surface area contributed by atoms with Crippen molar-refractivity contribution >= 4 is 17.4 Å². The number of carbonyl (C=O) groups is 2. The number of aromatic carboxylic acids is 1. The molecule has 1 aliphatic heterocycles. The minimum Gasteiger partial charge on any atom is -0.494 e. The fourth-order valence-electron chi connectivity index (χ4n) is 4.28. The summed E-state index contributed by atoms with van der Waals surface area (Å²) in [4.78, 5) is 26.4. The van der Waals surface area contributed by atoms with E-state index >= 15 is 0 Å². The Hall–Kier alpha value is -3.38. The van der Waals surface area contributed by atoms with Gasteiger partial charge in [0.1, 0.15) is 12.5 Å². The van der Waals surface area contributed by atoms with Gasteiger partial charge in [-0.3, -0.25) is 4.79 Å². The third-order valence-corrected chi connectivity index (χ3v) is 6.12. The Morgan fingerprint density at radius 3 is 2.70 bits per heavy atom. The first-order chi connectivity index (χ1) is 15.9. The van der Waals surface area contributed by atoms with Crippen molar-refractivity contribution in [1.82, 2.24) is 4.90 Å². The number of hydrogen-bond acceptors (Lipinski definition) is 4. The first-order valence-electron chi connectivity index (χ1n) is 11.3. The van der Waals surface area contributed by atoms with Gasteiger partial charge in [0.25, 0.3) is 5.91 Å². The van der Waals surface area contributed by atoms with Crippen molar-refractivity contribution in [2.45, 2.75) is 33.3 Å². The number of carboxylic acid groups (broad SMARTS) is 1. The van der Waals surface area contributed by atoms with Gasteiger partial charge in [-0.2, -0.15) is 0 Å². The fraction of sp³-hybridized carbons (Fsp3) is 0.333. The summed E-state index contributed by atoms with van der Waals surface area (Å²) in [6, 6.07) is 10.7. The summed E-state index contributed by atoms with van der Waals surface area (Å²) in [5.41, 5.74) is 4.60. The maximum atomic E-state index is 13.2. The Labute approximate surface area is 194 Å². The van der Waals surface area contributed by atoms with Gasteiger partial charge >= 0.3 is 5.97 Å². The Morgan fingerprint density at radius 2 is 1.97 bits per heavy atom. The summed E-state index contributed by atoms with van der Waals surface area (Å²) >= 11 is 0. The molecule has 0 radical (unpaired) electrons. The fourth-order valence-corrected chi connectivity index (χ4v) is 4.28. The van der Waals surface area contributed by atoms with Crippen molar-refractivity contribution < 1.29 is 24.2 Å². The number of carboxylic acids is 1. The van der Waals surface area contributed by atoms with Gasteiger partial charge in [0, 0.05) is 18.0 Å². The molecule has 2 atom stereocenters. The van der Waals surface area contributed by atoms with Gasteiger partial charge in [-0.25, -0.2) is 4.79 Å². The third-order valence-electron chi connectivity index (χ3n) is 6.12. The molecule has 1 amide bonds. The van der Waals surface area contributed by atoms with Gasteiger partial charge in [0.2, 0.25) is 0 Å². The monoisotopic (exact) mass is 447 g/mol. The van der Waals surface area contributed by atoms with Crippen LogP contribution in [0.15, 0.2) is 54.6 Å². The molecule has 172 valence electrons. The minimum atomic E-state index is -0.950. The number of fused-ring (bicyclic) bond motifs is 1. The lowest BCUT2D eigenvalue weighted by Crippen LogP contribution is -2.47. The molecule has 0 saturated carbocycles. The van der Waals surface area contributed by atoms with Crippen molar-refractivity contribution in [3.8, 4) is 5.75 Å². The highest BCUT2D eigenvalue weighted by molar-refractivity contribution is 5.96. The maximum absolute atomic E-state index is 13.2. The van der Waals surface area contributed by atoms with E-state index in [0.29, 0.717) is 18.7 Å². The number of amides is 1. The van der Waals surface area contributed by atoms with Crippen LogP contribution >= 0.6 is 0 Å². The zero-order chi connectivity index (χ0) is 23.5. The van der Waals surface area contributed by atoms with E-state index in [4.69, 9.17) is 9.47 Å². The lowest BCUT2D eigenvalue weighted by Gasteiger charge is -2.38. The van der Waals surface area contributed by atoms with E-state index in [0.717, 1.165) is 34.4 Å². The van der Waals surface area contributed by atoms with Crippen molar-refractivity contribution in [3.05, 3.63) is 82.4 Å². The van der Waals surface area contributed by atoms with Crippen LogP contribution < -0.4 is 4.74 Å². The van der Waals surface area contributed by atoms with Crippen LogP contribution in [0, 0.1) is 19.8 Å². The molecule has 1 N–H and O–H groups in total. The molecule has 0 aromatic heterocycles. The van der Waals surface area contributed by atoms with Gasteiger partial charge in [-0.05, 0) is 72.9 Å². The normalized spacial score (nSPS) is 19.6. The van der Waals surface area contributed by atoms with Crippen LogP contribution in [0.5, 0.6) is 5.75 Å². The Morgan fingerprint density at radius 1 is 1.15 bits per heavy atom. The number of allylic oxidation sites excluding steroid dienone is 2. The summed E-state index contributed by atoms with van der Waals surface area (Å²) in [5.74, 6) is -0.261. The first kappa shape index (κ1) is 22.8. The first-order valence-corrected chi connectivity index (χ1v) is 11.3. The molecule has 6 heteroatoms. The summed E-state index contributed by atoms with van der Waals surface area (Å²) in [5, 5.41) is 9.36. The number of carbonyl (C=O) groups excluding carboxylic acids is 1. The van der Waals surface area contributed by atoms with Crippen molar-refractivity contribution in [1.29, 1.82) is 0 Å². The molecule has 33 heavy (non-hydrogen) atoms. The topological polar surface area (TPSA) is 76.1 Å². The Kier molecular flexibility index (Phi) is 6.65. The largest absolute Gasteiger partial charge is 0.494 e. The molecule has 4 rings (SSSR count). The SMILES string of the molecule is CCCOc1ccc(C(=O)N2COC3C=CC(c4cc(C(=O)O)ccc4C)=CC3C2)c(C)c1. The molecular weight excluding hydrogens is 418 g/mol. The highest BCUT2D eigenvalue weighted by Gasteiger charge is 2.32. The molecule has 0 spiro atoms. The van der Waals surface area contributed by atoms with E-state index in [9.17, 15) is 14.7 Å². The molecule has 1 fully saturated rings. The average Bonchev–Trinajstić information content (AvgIpc) is 2.81. The van der Waals surface area contributed by atoms with Crippen LogP contribution in [0.1, 0.15) is 50.8 Å². The van der Waals surface area contributed by atoms with E-state index < -0.39 is 5.97 Å². The molecule has 1 saturated heterocycles. The third kappa shape index (κ3) is 4.86. The summed E-state index contributed by atoms with van der Waals surface area (Å²) < 4.78 is 11.7. The van der Waals surface area contributed by atoms with Crippen LogP contribution in [-0.2, 0) is 4.74 Å². The number of aryl methyl sites for hydroxylation is 2. The van der Waals surface area contributed by atoms with Crippen LogP contribution in [0.25, 0.3) is 5.57 Å². The number of hydrogen-bond donors (Lipinski definition) is 1. The molecule has 2 aromatic carbocycles. The van der Waals surface area contributed by atoms with Crippen molar-refractivity contribution in [2.24, 2.45) is 5.92 Å². The van der Waals surface area contributed by atoms with Gasteiger partial charge in [-0.1, -0.05) is 31.2 Å². The zero-order valence-corrected chi connectivity index (χ0v) is 19.2. The summed E-state index contributed by atoms with van der Waals surface area (Å²) in [7, 11) is 0. The molecule has 0 bridgehead atoms. The molecule has 1 aliphatic carbocycles. The van der Waals surface area contributed by atoms with E-state index in [1.54, 1.807) is 17.0 Å². The zero-order valence-electron chi connectivity index (χ0n) is 19.2. The van der Waals surface area contributed by atoms with Crippen LogP contribution in [0.4, 0.5) is 0 Å². The minimum absolute atomic E-state index is 0.0111. The molecule has 2 unspecified atom stereocenters. The van der Waals surface area contributed by atoms with E-state index in [1.807, 2.05) is 50.3 Å².